The maximum absolute atomic E-state index is 13.6. The molecule has 0 atom stereocenters. The second-order valence-corrected chi connectivity index (χ2v) is 8.35. The maximum Gasteiger partial charge on any atom is 0.243 e. The molecule has 0 spiro atoms. The highest BCUT2D eigenvalue weighted by atomic mass is 32.2. The van der Waals surface area contributed by atoms with Crippen LogP contribution in [0.1, 0.15) is 23.6 Å². The Kier molecular flexibility index (Phi) is 6.16. The summed E-state index contributed by atoms with van der Waals surface area (Å²) in [5, 5.41) is 0. The summed E-state index contributed by atoms with van der Waals surface area (Å²) in [6, 6.07) is 13.4. The topological polar surface area (TPSA) is 50.3 Å². The van der Waals surface area contributed by atoms with Crippen molar-refractivity contribution in [3.8, 4) is 0 Å². The van der Waals surface area contributed by atoms with Gasteiger partial charge in [0.1, 0.15) is 11.6 Å². The maximum atomic E-state index is 13.6. The molecule has 1 heterocycles. The van der Waals surface area contributed by atoms with E-state index in [4.69, 9.17) is 0 Å². The molecular weight excluding hydrogens is 382 g/mol. The normalized spacial score (nSPS) is 11.7. The Morgan fingerprint density at radius 1 is 0.893 bits per heavy atom. The number of nitrogens with zero attached hydrogens (tertiary/aromatic N) is 2. The first-order chi connectivity index (χ1) is 13.4. The van der Waals surface area contributed by atoms with Crippen LogP contribution in [0.3, 0.4) is 0 Å². The molecule has 2 aromatic carbocycles. The molecule has 3 aromatic rings. The predicted molar refractivity (Wildman–Crippen MR) is 103 cm³/mol. The van der Waals surface area contributed by atoms with E-state index in [0.717, 1.165) is 29.7 Å². The summed E-state index contributed by atoms with van der Waals surface area (Å²) >= 11 is 0. The molecule has 0 saturated carbocycles. The highest BCUT2D eigenvalue weighted by Gasteiger charge is 2.26. The number of hydrogen-bond donors (Lipinski definition) is 0. The van der Waals surface area contributed by atoms with Gasteiger partial charge >= 0.3 is 0 Å². The van der Waals surface area contributed by atoms with Gasteiger partial charge in [-0.05, 0) is 41.3 Å². The molecule has 7 heteroatoms. The van der Waals surface area contributed by atoms with Crippen LogP contribution < -0.4 is 0 Å². The average molecular weight is 402 g/mol. The van der Waals surface area contributed by atoms with Crippen LogP contribution in [0.15, 0.2) is 71.9 Å². The van der Waals surface area contributed by atoms with Crippen LogP contribution >= 0.6 is 0 Å². The molecule has 0 amide bonds. The van der Waals surface area contributed by atoms with Crippen LogP contribution in [0.5, 0.6) is 0 Å². The zero-order valence-corrected chi connectivity index (χ0v) is 16.2. The molecule has 0 radical (unpaired) electrons. The Morgan fingerprint density at radius 3 is 2.07 bits per heavy atom. The second-order valence-electron chi connectivity index (χ2n) is 6.41. The van der Waals surface area contributed by atoms with E-state index >= 15 is 0 Å². The summed E-state index contributed by atoms with van der Waals surface area (Å²) in [5.41, 5.74) is 2.59. The Morgan fingerprint density at radius 2 is 1.50 bits per heavy atom. The summed E-state index contributed by atoms with van der Waals surface area (Å²) in [5.74, 6) is -1.88. The van der Waals surface area contributed by atoms with E-state index in [1.54, 1.807) is 24.5 Å². The Hall–Kier alpha value is -2.64. The van der Waals surface area contributed by atoms with E-state index < -0.39 is 26.6 Å². The Labute approximate surface area is 163 Å². The number of pyridine rings is 1. The van der Waals surface area contributed by atoms with Gasteiger partial charge in [-0.3, -0.25) is 4.98 Å². The lowest BCUT2D eigenvalue weighted by atomic mass is 10.1. The van der Waals surface area contributed by atoms with E-state index in [1.807, 2.05) is 31.2 Å². The van der Waals surface area contributed by atoms with E-state index in [-0.39, 0.29) is 13.1 Å². The molecule has 0 fully saturated rings. The van der Waals surface area contributed by atoms with Crippen molar-refractivity contribution in [3.05, 3.63) is 95.3 Å². The van der Waals surface area contributed by atoms with E-state index in [0.29, 0.717) is 11.6 Å². The fourth-order valence-corrected chi connectivity index (χ4v) is 4.29. The Balaban J connectivity index is 1.98. The third-order valence-electron chi connectivity index (χ3n) is 4.35. The third-order valence-corrected chi connectivity index (χ3v) is 6.12. The van der Waals surface area contributed by atoms with E-state index in [2.05, 4.69) is 4.98 Å². The molecule has 28 heavy (non-hydrogen) atoms. The molecule has 0 aliphatic rings. The summed E-state index contributed by atoms with van der Waals surface area (Å²) in [7, 11) is -4.13. The van der Waals surface area contributed by atoms with Crippen molar-refractivity contribution in [1.82, 2.24) is 9.29 Å². The minimum atomic E-state index is -4.13. The first kappa shape index (κ1) is 20.1. The number of sulfonamides is 1. The first-order valence-electron chi connectivity index (χ1n) is 8.81. The third kappa shape index (κ3) is 4.79. The fourth-order valence-electron chi connectivity index (χ4n) is 2.83. The fraction of sp³-hybridized carbons (Fsp3) is 0.190. The van der Waals surface area contributed by atoms with Gasteiger partial charge in [-0.1, -0.05) is 37.3 Å². The lowest BCUT2D eigenvalue weighted by Gasteiger charge is -2.22. The minimum Gasteiger partial charge on any atom is -0.264 e. The number of aromatic nitrogens is 1. The Bertz CT molecular complexity index is 1020. The molecule has 0 aliphatic carbocycles. The molecule has 0 N–H and O–H groups in total. The molecule has 146 valence electrons. The molecule has 0 saturated heterocycles. The average Bonchev–Trinajstić information content (AvgIpc) is 2.68. The van der Waals surface area contributed by atoms with Gasteiger partial charge in [0.25, 0.3) is 0 Å². The highest BCUT2D eigenvalue weighted by molar-refractivity contribution is 7.89. The SMILES string of the molecule is CCc1ccc(CN(Cc2cccnc2)S(=O)(=O)c2cc(F)cc(F)c2)cc1. The van der Waals surface area contributed by atoms with Gasteiger partial charge in [-0.25, -0.2) is 17.2 Å². The summed E-state index contributed by atoms with van der Waals surface area (Å²) in [6.07, 6.45) is 4.03. The zero-order valence-electron chi connectivity index (χ0n) is 15.3. The molecule has 4 nitrogen and oxygen atoms in total. The van der Waals surface area contributed by atoms with Gasteiger partial charge in [0.15, 0.2) is 0 Å². The smallest absolute Gasteiger partial charge is 0.243 e. The van der Waals surface area contributed by atoms with Crippen molar-refractivity contribution >= 4 is 10.0 Å². The van der Waals surface area contributed by atoms with Gasteiger partial charge in [0, 0.05) is 31.5 Å². The van der Waals surface area contributed by atoms with Crippen LogP contribution in [-0.4, -0.2) is 17.7 Å². The van der Waals surface area contributed by atoms with Crippen LogP contribution in [0.4, 0.5) is 8.78 Å². The highest BCUT2D eigenvalue weighted by Crippen LogP contribution is 2.23. The van der Waals surface area contributed by atoms with Gasteiger partial charge in [-0.2, -0.15) is 4.31 Å². The second kappa shape index (κ2) is 8.58. The number of benzene rings is 2. The van der Waals surface area contributed by atoms with Crippen molar-refractivity contribution in [3.63, 3.8) is 0 Å². The zero-order chi connectivity index (χ0) is 20.1. The molecule has 0 aliphatic heterocycles. The molecule has 0 unspecified atom stereocenters. The van der Waals surface area contributed by atoms with Crippen molar-refractivity contribution in [1.29, 1.82) is 0 Å². The van der Waals surface area contributed by atoms with E-state index in [9.17, 15) is 17.2 Å². The summed E-state index contributed by atoms with van der Waals surface area (Å²) < 4.78 is 54.7. The van der Waals surface area contributed by atoms with E-state index in [1.165, 1.54) is 4.31 Å². The quantitative estimate of drug-likeness (QED) is 0.592. The van der Waals surface area contributed by atoms with Gasteiger partial charge in [0.2, 0.25) is 10.0 Å². The van der Waals surface area contributed by atoms with Gasteiger partial charge in [0.05, 0.1) is 4.90 Å². The predicted octanol–water partition coefficient (Wildman–Crippen LogP) is 4.31. The standard InChI is InChI=1S/C21H20F2N2O2S/c1-2-16-5-7-17(8-6-16)14-25(15-18-4-3-9-24-13-18)28(26,27)21-11-19(22)10-20(23)12-21/h3-13H,2,14-15H2,1H3. The largest absolute Gasteiger partial charge is 0.264 e. The summed E-state index contributed by atoms with van der Waals surface area (Å²) in [6.45, 7) is 2.13. The van der Waals surface area contributed by atoms with Crippen molar-refractivity contribution in [2.75, 3.05) is 0 Å². The minimum absolute atomic E-state index is 0.0316. The summed E-state index contributed by atoms with van der Waals surface area (Å²) in [4.78, 5) is 3.59. The number of aryl methyl sites for hydroxylation is 1. The van der Waals surface area contributed by atoms with Crippen LogP contribution in [-0.2, 0) is 29.5 Å². The van der Waals surface area contributed by atoms with Crippen LogP contribution in [0, 0.1) is 11.6 Å². The van der Waals surface area contributed by atoms with Crippen LogP contribution in [0.2, 0.25) is 0 Å². The molecule has 0 bridgehead atoms. The van der Waals surface area contributed by atoms with Crippen molar-refractivity contribution in [2.24, 2.45) is 0 Å². The van der Waals surface area contributed by atoms with Crippen molar-refractivity contribution in [2.45, 2.75) is 31.3 Å². The molecular formula is C21H20F2N2O2S. The number of halogens is 2. The van der Waals surface area contributed by atoms with Crippen molar-refractivity contribution < 1.29 is 17.2 Å². The van der Waals surface area contributed by atoms with Gasteiger partial charge < -0.3 is 0 Å². The molecule has 3 rings (SSSR count). The molecule has 1 aromatic heterocycles. The monoisotopic (exact) mass is 402 g/mol. The lowest BCUT2D eigenvalue weighted by Crippen LogP contribution is -2.30. The van der Waals surface area contributed by atoms with Crippen LogP contribution in [0.25, 0.3) is 0 Å². The number of rotatable bonds is 7. The number of hydrogen-bond acceptors (Lipinski definition) is 3. The lowest BCUT2D eigenvalue weighted by molar-refractivity contribution is 0.399. The first-order valence-corrected chi connectivity index (χ1v) is 10.3. The van der Waals surface area contributed by atoms with Gasteiger partial charge in [-0.15, -0.1) is 0 Å².